The highest BCUT2D eigenvalue weighted by Gasteiger charge is 2.37. The van der Waals surface area contributed by atoms with Crippen LogP contribution in [0.1, 0.15) is 55.7 Å². The van der Waals surface area contributed by atoms with E-state index in [4.69, 9.17) is 4.52 Å². The predicted octanol–water partition coefficient (Wildman–Crippen LogP) is 3.46. The average Bonchev–Trinajstić information content (AvgIpc) is 3.17. The molecule has 124 valence electrons. The molecule has 5 nitrogen and oxygen atoms in total. The molecule has 0 spiro atoms. The summed E-state index contributed by atoms with van der Waals surface area (Å²) in [6.45, 7) is 4.61. The maximum atomic E-state index is 12.8. The van der Waals surface area contributed by atoms with Gasteiger partial charge >= 0.3 is 0 Å². The zero-order valence-corrected chi connectivity index (χ0v) is 14.3. The highest BCUT2D eigenvalue weighted by Crippen LogP contribution is 2.35. The molecule has 0 amide bonds. The molecule has 1 aliphatic heterocycles. The molecule has 2 aromatic rings. The molecule has 0 radical (unpaired) electrons. The third-order valence-electron chi connectivity index (χ3n) is 4.21. The summed E-state index contributed by atoms with van der Waals surface area (Å²) < 4.78 is 32.5. The molecule has 0 saturated carbocycles. The summed E-state index contributed by atoms with van der Waals surface area (Å²) >= 11 is 0. The average molecular weight is 334 g/mol. The molecule has 1 aromatic heterocycles. The number of sulfonamides is 1. The van der Waals surface area contributed by atoms with Crippen molar-refractivity contribution in [3.63, 3.8) is 0 Å². The molecule has 1 atom stereocenters. The summed E-state index contributed by atoms with van der Waals surface area (Å²) in [5, 5.41) is 4.11. The fourth-order valence-electron chi connectivity index (χ4n) is 2.97. The largest absolute Gasteiger partial charge is 0.361 e. The first-order valence-electron chi connectivity index (χ1n) is 7.97. The van der Waals surface area contributed by atoms with E-state index in [2.05, 4.69) is 5.16 Å². The molecule has 3 rings (SSSR count). The van der Waals surface area contributed by atoms with Crippen molar-refractivity contribution in [2.24, 2.45) is 0 Å². The monoisotopic (exact) mass is 334 g/mol. The maximum absolute atomic E-state index is 12.8. The molecule has 0 bridgehead atoms. The Balaban J connectivity index is 1.82. The molecule has 1 aromatic carbocycles. The Hall–Kier alpha value is -1.66. The number of hydrogen-bond acceptors (Lipinski definition) is 4. The first-order valence-corrected chi connectivity index (χ1v) is 9.58. The summed E-state index contributed by atoms with van der Waals surface area (Å²) in [5.41, 5.74) is 1.53. The van der Waals surface area contributed by atoms with Crippen LogP contribution in [-0.4, -0.2) is 24.4 Å². The standard InChI is InChI=1S/C17H22N2O3S/c1-13(2)17-11-15(18-22-17)16-9-6-10-19(16)23(20,21)12-14-7-4-3-5-8-14/h3-5,7-8,11,13,16H,6,9-10,12H2,1-2H3. The number of rotatable bonds is 5. The third kappa shape index (κ3) is 3.48. The smallest absolute Gasteiger partial charge is 0.218 e. The van der Waals surface area contributed by atoms with E-state index < -0.39 is 10.0 Å². The fraction of sp³-hybridized carbons (Fsp3) is 0.471. The molecule has 2 heterocycles. The van der Waals surface area contributed by atoms with Gasteiger partial charge in [0.15, 0.2) is 0 Å². The lowest BCUT2D eigenvalue weighted by molar-refractivity contribution is 0.338. The van der Waals surface area contributed by atoms with Crippen molar-refractivity contribution in [2.75, 3.05) is 6.54 Å². The summed E-state index contributed by atoms with van der Waals surface area (Å²) in [6.07, 6.45) is 1.64. The van der Waals surface area contributed by atoms with Crippen molar-refractivity contribution in [1.29, 1.82) is 0 Å². The van der Waals surface area contributed by atoms with Crippen LogP contribution in [0.2, 0.25) is 0 Å². The second-order valence-corrected chi connectivity index (χ2v) is 8.24. The summed E-state index contributed by atoms with van der Waals surface area (Å²) in [5.74, 6) is 1.07. The lowest BCUT2D eigenvalue weighted by Gasteiger charge is -2.22. The lowest BCUT2D eigenvalue weighted by Crippen LogP contribution is -2.31. The van der Waals surface area contributed by atoms with E-state index in [0.29, 0.717) is 6.54 Å². The normalized spacial score (nSPS) is 19.5. The molecule has 0 N–H and O–H groups in total. The molecule has 1 unspecified atom stereocenters. The van der Waals surface area contributed by atoms with Gasteiger partial charge in [0.25, 0.3) is 0 Å². The van der Waals surface area contributed by atoms with Gasteiger partial charge in [0.1, 0.15) is 11.5 Å². The van der Waals surface area contributed by atoms with Crippen molar-refractivity contribution >= 4 is 10.0 Å². The highest BCUT2D eigenvalue weighted by atomic mass is 32.2. The minimum atomic E-state index is -3.37. The van der Waals surface area contributed by atoms with E-state index >= 15 is 0 Å². The van der Waals surface area contributed by atoms with Crippen molar-refractivity contribution < 1.29 is 12.9 Å². The van der Waals surface area contributed by atoms with Gasteiger partial charge in [-0.2, -0.15) is 4.31 Å². The Morgan fingerprint density at radius 2 is 2.04 bits per heavy atom. The summed E-state index contributed by atoms with van der Waals surface area (Å²) in [6, 6.07) is 11.0. The minimum Gasteiger partial charge on any atom is -0.361 e. The van der Waals surface area contributed by atoms with Crippen LogP contribution >= 0.6 is 0 Å². The van der Waals surface area contributed by atoms with E-state index in [1.807, 2.05) is 50.2 Å². The quantitative estimate of drug-likeness (QED) is 0.840. The predicted molar refractivity (Wildman–Crippen MR) is 88.3 cm³/mol. The van der Waals surface area contributed by atoms with E-state index in [-0.39, 0.29) is 17.7 Å². The molecular formula is C17H22N2O3S. The van der Waals surface area contributed by atoms with Gasteiger partial charge in [-0.15, -0.1) is 0 Å². The second-order valence-electron chi connectivity index (χ2n) is 6.32. The summed E-state index contributed by atoms with van der Waals surface area (Å²) in [7, 11) is -3.37. The Kier molecular flexibility index (Phi) is 4.55. The van der Waals surface area contributed by atoms with Crippen LogP contribution in [0.3, 0.4) is 0 Å². The number of hydrogen-bond donors (Lipinski definition) is 0. The molecule has 1 saturated heterocycles. The van der Waals surface area contributed by atoms with Crippen LogP contribution in [0.5, 0.6) is 0 Å². The lowest BCUT2D eigenvalue weighted by atomic mass is 10.1. The molecule has 23 heavy (non-hydrogen) atoms. The van der Waals surface area contributed by atoms with Gasteiger partial charge in [-0.25, -0.2) is 8.42 Å². The van der Waals surface area contributed by atoms with Gasteiger partial charge in [-0.3, -0.25) is 0 Å². The third-order valence-corrected chi connectivity index (χ3v) is 6.06. The molecule has 0 aliphatic carbocycles. The SMILES string of the molecule is CC(C)c1cc(C2CCCN2S(=O)(=O)Cc2ccccc2)no1. The first kappa shape index (κ1) is 16.2. The topological polar surface area (TPSA) is 63.4 Å². The Morgan fingerprint density at radius 1 is 1.30 bits per heavy atom. The van der Waals surface area contributed by atoms with Crippen molar-refractivity contribution in [1.82, 2.24) is 9.46 Å². The maximum Gasteiger partial charge on any atom is 0.218 e. The van der Waals surface area contributed by atoms with Gasteiger partial charge in [0, 0.05) is 18.5 Å². The van der Waals surface area contributed by atoms with Crippen LogP contribution in [0.15, 0.2) is 40.9 Å². The van der Waals surface area contributed by atoms with Crippen LogP contribution < -0.4 is 0 Å². The van der Waals surface area contributed by atoms with Crippen LogP contribution in [0, 0.1) is 0 Å². The zero-order valence-electron chi connectivity index (χ0n) is 13.5. The first-order chi connectivity index (χ1) is 11.0. The van der Waals surface area contributed by atoms with E-state index in [9.17, 15) is 8.42 Å². The van der Waals surface area contributed by atoms with Crippen LogP contribution in [0.25, 0.3) is 0 Å². The van der Waals surface area contributed by atoms with Gasteiger partial charge in [-0.05, 0) is 18.4 Å². The summed E-state index contributed by atoms with van der Waals surface area (Å²) in [4.78, 5) is 0. The molecule has 1 aliphatic rings. The van der Waals surface area contributed by atoms with Crippen LogP contribution in [0.4, 0.5) is 0 Å². The van der Waals surface area contributed by atoms with Crippen molar-refractivity contribution in [3.8, 4) is 0 Å². The van der Waals surface area contributed by atoms with Gasteiger partial charge in [-0.1, -0.05) is 49.3 Å². The number of aromatic nitrogens is 1. The zero-order chi connectivity index (χ0) is 16.4. The van der Waals surface area contributed by atoms with Crippen molar-refractivity contribution in [2.45, 2.75) is 44.4 Å². The minimum absolute atomic E-state index is 0.0270. The van der Waals surface area contributed by atoms with Crippen molar-refractivity contribution in [3.05, 3.63) is 53.4 Å². The Morgan fingerprint density at radius 3 is 2.70 bits per heavy atom. The van der Waals surface area contributed by atoms with E-state index in [1.54, 1.807) is 4.31 Å². The number of benzene rings is 1. The highest BCUT2D eigenvalue weighted by molar-refractivity contribution is 7.88. The molecule has 1 fully saturated rings. The van der Waals surface area contributed by atoms with Gasteiger partial charge < -0.3 is 4.52 Å². The fourth-order valence-corrected chi connectivity index (χ4v) is 4.76. The van der Waals surface area contributed by atoms with E-state index in [0.717, 1.165) is 29.9 Å². The molecule has 6 heteroatoms. The Labute approximate surface area is 137 Å². The molecular weight excluding hydrogens is 312 g/mol. The van der Waals surface area contributed by atoms with Gasteiger partial charge in [0.05, 0.1) is 11.8 Å². The number of nitrogens with zero attached hydrogens (tertiary/aromatic N) is 2. The van der Waals surface area contributed by atoms with Gasteiger partial charge in [0.2, 0.25) is 10.0 Å². The Bertz CT molecular complexity index is 753. The second kappa shape index (κ2) is 6.45. The van der Waals surface area contributed by atoms with Crippen LogP contribution in [-0.2, 0) is 15.8 Å². The van der Waals surface area contributed by atoms with E-state index in [1.165, 1.54) is 0 Å².